The monoisotopic (exact) mass is 345 g/mol. The van der Waals surface area contributed by atoms with Crippen LogP contribution in [0.25, 0.3) is 11.4 Å². The van der Waals surface area contributed by atoms with E-state index >= 15 is 0 Å². The van der Waals surface area contributed by atoms with Crippen LogP contribution in [0.1, 0.15) is 57.3 Å². The lowest BCUT2D eigenvalue weighted by molar-refractivity contribution is -0.122. The molecular formula is C19H24FN3O2. The van der Waals surface area contributed by atoms with E-state index in [9.17, 15) is 9.18 Å². The van der Waals surface area contributed by atoms with Crippen molar-refractivity contribution in [2.75, 3.05) is 0 Å². The van der Waals surface area contributed by atoms with Crippen LogP contribution in [0.4, 0.5) is 4.39 Å². The van der Waals surface area contributed by atoms with Crippen LogP contribution >= 0.6 is 0 Å². The van der Waals surface area contributed by atoms with E-state index in [-0.39, 0.29) is 11.7 Å². The molecule has 3 rings (SSSR count). The Labute approximate surface area is 147 Å². The number of carbonyl (C=O) groups excluding carboxylic acids is 1. The Hall–Kier alpha value is -2.24. The molecule has 5 nitrogen and oxygen atoms in total. The maximum Gasteiger partial charge on any atom is 0.227 e. The standard InChI is InChI=1S/C19H24FN3O2/c20-15-8-6-7-14(13-15)19-22-18(25-23-19)12-11-17(24)21-16-9-4-2-1-3-5-10-16/h6-8,13,16H,1-5,9-12H2,(H,21,24). The van der Waals surface area contributed by atoms with Gasteiger partial charge in [0, 0.05) is 24.4 Å². The average molecular weight is 345 g/mol. The van der Waals surface area contributed by atoms with E-state index in [2.05, 4.69) is 15.5 Å². The molecule has 1 fully saturated rings. The molecule has 1 saturated carbocycles. The summed E-state index contributed by atoms with van der Waals surface area (Å²) >= 11 is 0. The zero-order valence-electron chi connectivity index (χ0n) is 14.3. The molecule has 2 aromatic rings. The summed E-state index contributed by atoms with van der Waals surface area (Å²) in [6.45, 7) is 0. The summed E-state index contributed by atoms with van der Waals surface area (Å²) in [4.78, 5) is 16.4. The van der Waals surface area contributed by atoms with Gasteiger partial charge in [-0.15, -0.1) is 0 Å². The van der Waals surface area contributed by atoms with E-state index in [1.165, 1.54) is 44.2 Å². The molecule has 1 aliphatic carbocycles. The first-order chi connectivity index (χ1) is 12.2. The Morgan fingerprint density at radius 3 is 2.72 bits per heavy atom. The van der Waals surface area contributed by atoms with Crippen LogP contribution in [-0.2, 0) is 11.2 Å². The first-order valence-electron chi connectivity index (χ1n) is 9.08. The highest BCUT2D eigenvalue weighted by atomic mass is 19.1. The molecular weight excluding hydrogens is 321 g/mol. The van der Waals surface area contributed by atoms with Gasteiger partial charge in [-0.25, -0.2) is 4.39 Å². The Morgan fingerprint density at radius 2 is 1.96 bits per heavy atom. The number of halogens is 1. The van der Waals surface area contributed by atoms with Crippen molar-refractivity contribution >= 4 is 5.91 Å². The maximum absolute atomic E-state index is 13.3. The van der Waals surface area contributed by atoms with Crippen molar-refractivity contribution in [1.29, 1.82) is 0 Å². The normalized spacial score (nSPS) is 16.2. The van der Waals surface area contributed by atoms with Crippen molar-refractivity contribution in [3.63, 3.8) is 0 Å². The predicted molar refractivity (Wildman–Crippen MR) is 92.3 cm³/mol. The van der Waals surface area contributed by atoms with Gasteiger partial charge in [0.1, 0.15) is 5.82 Å². The summed E-state index contributed by atoms with van der Waals surface area (Å²) in [5, 5.41) is 6.98. The van der Waals surface area contributed by atoms with Gasteiger partial charge in [0.05, 0.1) is 0 Å². The third-order valence-corrected chi connectivity index (χ3v) is 4.59. The second kappa shape index (κ2) is 8.74. The number of hydrogen-bond donors (Lipinski definition) is 1. The number of hydrogen-bond acceptors (Lipinski definition) is 4. The first kappa shape index (κ1) is 17.6. The molecule has 0 atom stereocenters. The number of nitrogens with zero attached hydrogens (tertiary/aromatic N) is 2. The van der Waals surface area contributed by atoms with E-state index in [0.29, 0.717) is 36.2 Å². The molecule has 0 saturated heterocycles. The highest BCUT2D eigenvalue weighted by Crippen LogP contribution is 2.18. The van der Waals surface area contributed by atoms with Crippen LogP contribution in [0, 0.1) is 5.82 Å². The third-order valence-electron chi connectivity index (χ3n) is 4.59. The van der Waals surface area contributed by atoms with Crippen LogP contribution < -0.4 is 5.32 Å². The minimum absolute atomic E-state index is 0.0241. The molecule has 0 spiro atoms. The Morgan fingerprint density at radius 1 is 1.20 bits per heavy atom. The second-order valence-corrected chi connectivity index (χ2v) is 6.63. The molecule has 1 aromatic carbocycles. The summed E-state index contributed by atoms with van der Waals surface area (Å²) in [5.41, 5.74) is 0.564. The summed E-state index contributed by atoms with van der Waals surface area (Å²) in [6.07, 6.45) is 9.05. The van der Waals surface area contributed by atoms with Crippen LogP contribution in [0.5, 0.6) is 0 Å². The van der Waals surface area contributed by atoms with E-state index in [4.69, 9.17) is 4.52 Å². The van der Waals surface area contributed by atoms with Gasteiger partial charge in [0.25, 0.3) is 0 Å². The molecule has 1 N–H and O–H groups in total. The highest BCUT2D eigenvalue weighted by molar-refractivity contribution is 5.76. The van der Waals surface area contributed by atoms with E-state index in [0.717, 1.165) is 12.8 Å². The van der Waals surface area contributed by atoms with Gasteiger partial charge in [-0.3, -0.25) is 4.79 Å². The maximum atomic E-state index is 13.3. The lowest BCUT2D eigenvalue weighted by Crippen LogP contribution is -2.35. The topological polar surface area (TPSA) is 68.0 Å². The van der Waals surface area contributed by atoms with Crippen molar-refractivity contribution in [2.24, 2.45) is 0 Å². The van der Waals surface area contributed by atoms with Crippen molar-refractivity contribution in [3.8, 4) is 11.4 Å². The number of rotatable bonds is 5. The number of nitrogens with one attached hydrogen (secondary N) is 1. The number of benzene rings is 1. The average Bonchev–Trinajstić information content (AvgIpc) is 3.04. The van der Waals surface area contributed by atoms with Crippen molar-refractivity contribution in [3.05, 3.63) is 36.0 Å². The Balaban J connectivity index is 1.49. The van der Waals surface area contributed by atoms with Crippen molar-refractivity contribution < 1.29 is 13.7 Å². The van der Waals surface area contributed by atoms with E-state index in [1.54, 1.807) is 12.1 Å². The van der Waals surface area contributed by atoms with E-state index < -0.39 is 0 Å². The van der Waals surface area contributed by atoms with Gasteiger partial charge in [-0.2, -0.15) is 4.98 Å². The molecule has 6 heteroatoms. The molecule has 25 heavy (non-hydrogen) atoms. The minimum atomic E-state index is -0.345. The summed E-state index contributed by atoms with van der Waals surface area (Å²) in [5.74, 6) is 0.417. The number of carbonyl (C=O) groups is 1. The quantitative estimate of drug-likeness (QED) is 0.888. The van der Waals surface area contributed by atoms with Gasteiger partial charge in [-0.1, -0.05) is 49.4 Å². The molecule has 0 aliphatic heterocycles. The predicted octanol–water partition coefficient (Wildman–Crippen LogP) is 4.04. The van der Waals surface area contributed by atoms with Gasteiger partial charge in [-0.05, 0) is 25.0 Å². The first-order valence-corrected chi connectivity index (χ1v) is 9.08. The van der Waals surface area contributed by atoms with Gasteiger partial charge in [0.15, 0.2) is 0 Å². The van der Waals surface area contributed by atoms with Crippen molar-refractivity contribution in [1.82, 2.24) is 15.5 Å². The third kappa shape index (κ3) is 5.37. The number of aryl methyl sites for hydroxylation is 1. The zero-order valence-corrected chi connectivity index (χ0v) is 14.3. The minimum Gasteiger partial charge on any atom is -0.353 e. The molecule has 1 aromatic heterocycles. The molecule has 1 amide bonds. The van der Waals surface area contributed by atoms with Gasteiger partial charge < -0.3 is 9.84 Å². The lowest BCUT2D eigenvalue weighted by Gasteiger charge is -2.20. The summed E-state index contributed by atoms with van der Waals surface area (Å²) in [7, 11) is 0. The summed E-state index contributed by atoms with van der Waals surface area (Å²) in [6, 6.07) is 6.33. The number of amides is 1. The molecule has 0 unspecified atom stereocenters. The molecule has 134 valence electrons. The summed E-state index contributed by atoms with van der Waals surface area (Å²) < 4.78 is 18.4. The van der Waals surface area contributed by atoms with Crippen LogP contribution in [0.2, 0.25) is 0 Å². The zero-order chi connectivity index (χ0) is 17.5. The lowest BCUT2D eigenvalue weighted by atomic mass is 9.96. The fourth-order valence-corrected chi connectivity index (χ4v) is 3.22. The molecule has 1 aliphatic rings. The smallest absolute Gasteiger partial charge is 0.227 e. The van der Waals surface area contributed by atoms with Crippen LogP contribution in [0.15, 0.2) is 28.8 Å². The highest BCUT2D eigenvalue weighted by Gasteiger charge is 2.15. The molecule has 0 radical (unpaired) electrons. The van der Waals surface area contributed by atoms with Crippen molar-refractivity contribution in [2.45, 2.75) is 63.8 Å². The fourth-order valence-electron chi connectivity index (χ4n) is 3.22. The number of aromatic nitrogens is 2. The van der Waals surface area contributed by atoms with Gasteiger partial charge >= 0.3 is 0 Å². The molecule has 1 heterocycles. The Kier molecular flexibility index (Phi) is 6.14. The largest absolute Gasteiger partial charge is 0.353 e. The second-order valence-electron chi connectivity index (χ2n) is 6.63. The van der Waals surface area contributed by atoms with Crippen LogP contribution in [-0.4, -0.2) is 22.1 Å². The van der Waals surface area contributed by atoms with Gasteiger partial charge in [0.2, 0.25) is 17.6 Å². The van der Waals surface area contributed by atoms with Crippen LogP contribution in [0.3, 0.4) is 0 Å². The SMILES string of the molecule is O=C(CCc1nc(-c2cccc(F)c2)no1)NC1CCCCCCC1. The Bertz CT molecular complexity index is 693. The molecule has 0 bridgehead atoms. The fraction of sp³-hybridized carbons (Fsp3) is 0.526. The van der Waals surface area contributed by atoms with E-state index in [1.807, 2.05) is 0 Å².